The van der Waals surface area contributed by atoms with Crippen molar-refractivity contribution in [1.29, 1.82) is 0 Å². The van der Waals surface area contributed by atoms with E-state index in [-0.39, 0.29) is 23.3 Å². The maximum atomic E-state index is 12.5. The molecule has 2 aromatic carbocycles. The molecule has 6 nitrogen and oxygen atoms in total. The number of nitrogens with one attached hydrogen (secondary N) is 1. The highest BCUT2D eigenvalue weighted by atomic mass is 35.5. The smallest absolute Gasteiger partial charge is 0.242 e. The number of fused-ring (bicyclic) bond motifs is 1. The summed E-state index contributed by atoms with van der Waals surface area (Å²) in [5.41, 5.74) is 1.43. The second-order valence-corrected chi connectivity index (χ2v) is 8.85. The predicted octanol–water partition coefficient (Wildman–Crippen LogP) is 2.78. The lowest BCUT2D eigenvalue weighted by Gasteiger charge is -2.24. The van der Waals surface area contributed by atoms with Crippen LogP contribution < -0.4 is 10.1 Å². The van der Waals surface area contributed by atoms with Crippen LogP contribution in [0.5, 0.6) is 5.75 Å². The molecule has 1 aliphatic rings. The van der Waals surface area contributed by atoms with E-state index in [1.165, 1.54) is 26.2 Å². The van der Waals surface area contributed by atoms with E-state index < -0.39 is 10.0 Å². The van der Waals surface area contributed by atoms with Gasteiger partial charge in [0, 0.05) is 24.8 Å². The number of benzene rings is 2. The highest BCUT2D eigenvalue weighted by Crippen LogP contribution is 2.30. The highest BCUT2D eigenvalue weighted by molar-refractivity contribution is 7.89. The zero-order valence-corrected chi connectivity index (χ0v) is 16.0. The van der Waals surface area contributed by atoms with Gasteiger partial charge in [-0.15, -0.1) is 0 Å². The molecule has 2 aromatic rings. The first-order chi connectivity index (χ1) is 12.3. The molecular weight excluding hydrogens is 376 g/mol. The van der Waals surface area contributed by atoms with E-state index in [1.54, 1.807) is 30.3 Å². The van der Waals surface area contributed by atoms with Crippen LogP contribution in [0.15, 0.2) is 47.4 Å². The Morgan fingerprint density at radius 1 is 1.19 bits per heavy atom. The molecule has 1 aliphatic heterocycles. The lowest BCUT2D eigenvalue weighted by atomic mass is 9.96. The number of hydrogen-bond acceptors (Lipinski definition) is 4. The minimum atomic E-state index is -3.49. The number of ether oxygens (including phenoxy) is 1. The van der Waals surface area contributed by atoms with Crippen molar-refractivity contribution >= 4 is 33.2 Å². The van der Waals surface area contributed by atoms with E-state index in [0.717, 1.165) is 15.6 Å². The van der Waals surface area contributed by atoms with Crippen molar-refractivity contribution in [2.45, 2.75) is 11.3 Å². The fourth-order valence-corrected chi connectivity index (χ4v) is 3.79. The van der Waals surface area contributed by atoms with Gasteiger partial charge in [0.25, 0.3) is 0 Å². The van der Waals surface area contributed by atoms with E-state index in [2.05, 4.69) is 5.32 Å². The molecule has 0 bridgehead atoms. The van der Waals surface area contributed by atoms with Crippen molar-refractivity contribution in [1.82, 2.24) is 4.31 Å². The third-order valence-corrected chi connectivity index (χ3v) is 6.26. The number of halogens is 1. The van der Waals surface area contributed by atoms with Crippen molar-refractivity contribution in [2.24, 2.45) is 5.92 Å². The molecule has 1 atom stereocenters. The zero-order chi connectivity index (χ0) is 18.9. The number of carbonyl (C=O) groups is 1. The molecule has 26 heavy (non-hydrogen) atoms. The van der Waals surface area contributed by atoms with Crippen LogP contribution in [0.3, 0.4) is 0 Å². The molecule has 0 spiro atoms. The maximum Gasteiger partial charge on any atom is 0.242 e. The largest absolute Gasteiger partial charge is 0.492 e. The number of sulfonamides is 1. The van der Waals surface area contributed by atoms with Gasteiger partial charge < -0.3 is 10.1 Å². The number of rotatable bonds is 4. The molecule has 0 saturated heterocycles. The Bertz CT molecular complexity index is 927. The van der Waals surface area contributed by atoms with Crippen LogP contribution in [0.2, 0.25) is 5.02 Å². The fourth-order valence-electron chi connectivity index (χ4n) is 2.70. The molecule has 8 heteroatoms. The lowest BCUT2D eigenvalue weighted by Crippen LogP contribution is -2.32. The monoisotopic (exact) mass is 394 g/mol. The summed E-state index contributed by atoms with van der Waals surface area (Å²) in [5.74, 6) is 0.224. The van der Waals surface area contributed by atoms with Gasteiger partial charge in [0.2, 0.25) is 15.9 Å². The normalized spacial score (nSPS) is 16.7. The van der Waals surface area contributed by atoms with Gasteiger partial charge >= 0.3 is 0 Å². The van der Waals surface area contributed by atoms with Gasteiger partial charge in [-0.1, -0.05) is 11.6 Å². The van der Waals surface area contributed by atoms with Gasteiger partial charge in [-0.25, -0.2) is 12.7 Å². The van der Waals surface area contributed by atoms with E-state index in [1.807, 2.05) is 0 Å². The first-order valence-electron chi connectivity index (χ1n) is 8.02. The molecule has 0 unspecified atom stereocenters. The Morgan fingerprint density at radius 3 is 2.54 bits per heavy atom. The summed E-state index contributed by atoms with van der Waals surface area (Å²) in [4.78, 5) is 12.7. The van der Waals surface area contributed by atoms with Crippen LogP contribution in [0.25, 0.3) is 0 Å². The second kappa shape index (κ2) is 7.26. The molecule has 0 radical (unpaired) electrons. The van der Waals surface area contributed by atoms with E-state index in [4.69, 9.17) is 16.3 Å². The van der Waals surface area contributed by atoms with Gasteiger partial charge in [0.1, 0.15) is 12.4 Å². The zero-order valence-electron chi connectivity index (χ0n) is 14.4. The Morgan fingerprint density at radius 2 is 1.88 bits per heavy atom. The summed E-state index contributed by atoms with van der Waals surface area (Å²) in [6, 6.07) is 11.4. The van der Waals surface area contributed by atoms with E-state index >= 15 is 0 Å². The van der Waals surface area contributed by atoms with Gasteiger partial charge in [-0.3, -0.25) is 4.79 Å². The van der Waals surface area contributed by atoms with Crippen molar-refractivity contribution in [3.05, 3.63) is 53.1 Å². The van der Waals surface area contributed by atoms with Gasteiger partial charge in [0.05, 0.1) is 10.8 Å². The van der Waals surface area contributed by atoms with Gasteiger partial charge in [-0.05, 0) is 54.4 Å². The standard InChI is InChI=1S/C18H19ClN2O4S/c1-21(2)26(23,24)16-6-4-15(5-7-16)20-18(22)13-9-12-10-14(19)3-8-17(12)25-11-13/h3-8,10,13H,9,11H2,1-2H3,(H,20,22)/t13-/m0/s1. The average Bonchev–Trinajstić information content (AvgIpc) is 2.61. The molecule has 0 aliphatic carbocycles. The number of hydrogen-bond donors (Lipinski definition) is 1. The quantitative estimate of drug-likeness (QED) is 0.865. The summed E-state index contributed by atoms with van der Waals surface area (Å²) in [6.45, 7) is 0.285. The Balaban J connectivity index is 1.69. The molecule has 138 valence electrons. The molecule has 0 saturated carbocycles. The molecule has 1 heterocycles. The number of anilines is 1. The van der Waals surface area contributed by atoms with Crippen molar-refractivity contribution in [3.8, 4) is 5.75 Å². The second-order valence-electron chi connectivity index (χ2n) is 6.27. The van der Waals surface area contributed by atoms with E-state index in [0.29, 0.717) is 17.1 Å². The Labute approximate surface area is 157 Å². The molecule has 0 aromatic heterocycles. The summed E-state index contributed by atoms with van der Waals surface area (Å²) < 4.78 is 30.9. The van der Waals surface area contributed by atoms with Gasteiger partial charge in [0.15, 0.2) is 0 Å². The average molecular weight is 395 g/mol. The van der Waals surface area contributed by atoms with Crippen LogP contribution in [0.4, 0.5) is 5.69 Å². The Hall–Kier alpha value is -2.09. The Kier molecular flexibility index (Phi) is 5.22. The third kappa shape index (κ3) is 3.85. The van der Waals surface area contributed by atoms with Crippen molar-refractivity contribution < 1.29 is 17.9 Å². The molecule has 1 N–H and O–H groups in total. The van der Waals surface area contributed by atoms with E-state index in [9.17, 15) is 13.2 Å². The minimum absolute atomic E-state index is 0.171. The van der Waals surface area contributed by atoms with Crippen LogP contribution in [-0.2, 0) is 21.2 Å². The summed E-state index contributed by atoms with van der Waals surface area (Å²) >= 11 is 6.00. The number of amides is 1. The summed E-state index contributed by atoms with van der Waals surface area (Å²) in [7, 11) is -0.551. The highest BCUT2D eigenvalue weighted by Gasteiger charge is 2.26. The SMILES string of the molecule is CN(C)S(=O)(=O)c1ccc(NC(=O)[C@@H]2COc3ccc(Cl)cc3C2)cc1. The van der Waals surface area contributed by atoms with Crippen LogP contribution in [0.1, 0.15) is 5.56 Å². The predicted molar refractivity (Wildman–Crippen MR) is 100 cm³/mol. The van der Waals surface area contributed by atoms with Crippen LogP contribution in [0, 0.1) is 5.92 Å². The number of carbonyl (C=O) groups excluding carboxylic acids is 1. The fraction of sp³-hybridized carbons (Fsp3) is 0.278. The van der Waals surface area contributed by atoms with Gasteiger partial charge in [-0.2, -0.15) is 0 Å². The number of nitrogens with zero attached hydrogens (tertiary/aromatic N) is 1. The molecule has 3 rings (SSSR count). The van der Waals surface area contributed by atoms with Crippen LogP contribution in [-0.4, -0.2) is 39.3 Å². The third-order valence-electron chi connectivity index (χ3n) is 4.20. The maximum absolute atomic E-state index is 12.5. The first kappa shape index (κ1) is 18.7. The summed E-state index contributed by atoms with van der Waals surface area (Å²) in [6.07, 6.45) is 0.537. The molecular formula is C18H19ClN2O4S. The minimum Gasteiger partial charge on any atom is -0.492 e. The lowest BCUT2D eigenvalue weighted by molar-refractivity contribution is -0.121. The van der Waals surface area contributed by atoms with Crippen molar-refractivity contribution in [2.75, 3.05) is 26.0 Å². The van der Waals surface area contributed by atoms with Crippen LogP contribution >= 0.6 is 11.6 Å². The summed E-state index contributed by atoms with van der Waals surface area (Å²) in [5, 5.41) is 3.41. The first-order valence-corrected chi connectivity index (χ1v) is 9.84. The molecule has 1 amide bonds. The topological polar surface area (TPSA) is 75.7 Å². The van der Waals surface area contributed by atoms with Crippen molar-refractivity contribution in [3.63, 3.8) is 0 Å². The molecule has 0 fully saturated rings.